The molecule has 1 rings (SSSR count). The van der Waals surface area contributed by atoms with E-state index < -0.39 is 0 Å². The highest BCUT2D eigenvalue weighted by molar-refractivity contribution is 6.31. The fourth-order valence-electron chi connectivity index (χ4n) is 1.61. The van der Waals surface area contributed by atoms with Crippen LogP contribution in [-0.4, -0.2) is 7.11 Å². The third-order valence-corrected chi connectivity index (χ3v) is 2.97. The zero-order valence-corrected chi connectivity index (χ0v) is 10.3. The lowest BCUT2D eigenvalue weighted by Crippen LogP contribution is -1.98. The van der Waals surface area contributed by atoms with E-state index in [1.807, 2.05) is 25.1 Å². The number of benzene rings is 1. The van der Waals surface area contributed by atoms with E-state index in [4.69, 9.17) is 16.3 Å². The van der Waals surface area contributed by atoms with Gasteiger partial charge in [-0.1, -0.05) is 24.6 Å². The summed E-state index contributed by atoms with van der Waals surface area (Å²) in [6.45, 7) is 7.87. The highest BCUT2D eigenvalue weighted by Crippen LogP contribution is 2.33. The number of hydrogen-bond donors (Lipinski definition) is 0. The largest absolute Gasteiger partial charge is 0.496 e. The SMILES string of the molecule is C=CCC(C)c1cc(Cl)c(C)cc1OC. The van der Waals surface area contributed by atoms with Crippen molar-refractivity contribution in [1.82, 2.24) is 0 Å². The van der Waals surface area contributed by atoms with Crippen molar-refractivity contribution in [2.24, 2.45) is 0 Å². The molecular weight excluding hydrogens is 208 g/mol. The molecule has 1 aromatic rings. The highest BCUT2D eigenvalue weighted by Gasteiger charge is 2.12. The predicted molar refractivity (Wildman–Crippen MR) is 66.0 cm³/mol. The topological polar surface area (TPSA) is 9.23 Å². The van der Waals surface area contributed by atoms with E-state index in [0.29, 0.717) is 5.92 Å². The first-order chi connectivity index (χ1) is 7.10. The van der Waals surface area contributed by atoms with Gasteiger partial charge in [0, 0.05) is 5.02 Å². The van der Waals surface area contributed by atoms with E-state index in [0.717, 1.165) is 28.3 Å². The Labute approximate surface area is 96.7 Å². The molecule has 1 unspecified atom stereocenters. The molecule has 0 aliphatic rings. The second kappa shape index (κ2) is 5.22. The molecule has 1 nitrogen and oxygen atoms in total. The van der Waals surface area contributed by atoms with Gasteiger partial charge in [0.25, 0.3) is 0 Å². The molecule has 0 saturated carbocycles. The van der Waals surface area contributed by atoms with Gasteiger partial charge in [-0.05, 0) is 42.5 Å². The number of ether oxygens (including phenoxy) is 1. The molecule has 0 N–H and O–H groups in total. The van der Waals surface area contributed by atoms with Crippen molar-refractivity contribution in [3.63, 3.8) is 0 Å². The van der Waals surface area contributed by atoms with Gasteiger partial charge in [0.2, 0.25) is 0 Å². The number of allylic oxidation sites excluding steroid dienone is 1. The van der Waals surface area contributed by atoms with Gasteiger partial charge in [-0.2, -0.15) is 0 Å². The lowest BCUT2D eigenvalue weighted by atomic mass is 9.96. The van der Waals surface area contributed by atoms with Gasteiger partial charge in [0.15, 0.2) is 0 Å². The molecule has 1 atom stereocenters. The van der Waals surface area contributed by atoms with Crippen LogP contribution in [0.1, 0.15) is 30.4 Å². The standard InChI is InChI=1S/C13H17ClO/c1-5-6-9(2)11-8-12(14)10(3)7-13(11)15-4/h5,7-9H,1,6H2,2-4H3. The maximum Gasteiger partial charge on any atom is 0.122 e. The predicted octanol–water partition coefficient (Wildman–Crippen LogP) is 4.34. The molecule has 82 valence electrons. The molecule has 0 radical (unpaired) electrons. The Morgan fingerprint density at radius 1 is 1.53 bits per heavy atom. The molecule has 0 heterocycles. The van der Waals surface area contributed by atoms with Gasteiger partial charge in [0.1, 0.15) is 5.75 Å². The summed E-state index contributed by atoms with van der Waals surface area (Å²) in [5.41, 5.74) is 2.19. The van der Waals surface area contributed by atoms with E-state index in [9.17, 15) is 0 Å². The second-order valence-electron chi connectivity index (χ2n) is 3.77. The fraction of sp³-hybridized carbons (Fsp3) is 0.385. The van der Waals surface area contributed by atoms with Crippen LogP contribution in [-0.2, 0) is 0 Å². The van der Waals surface area contributed by atoms with Crippen LogP contribution in [0.4, 0.5) is 0 Å². The average Bonchev–Trinajstić information content (AvgIpc) is 2.21. The number of halogens is 1. The van der Waals surface area contributed by atoms with Crippen molar-refractivity contribution in [2.75, 3.05) is 7.11 Å². The van der Waals surface area contributed by atoms with Crippen LogP contribution in [0.25, 0.3) is 0 Å². The van der Waals surface area contributed by atoms with Crippen molar-refractivity contribution in [2.45, 2.75) is 26.2 Å². The number of methoxy groups -OCH3 is 1. The van der Waals surface area contributed by atoms with Gasteiger partial charge >= 0.3 is 0 Å². The van der Waals surface area contributed by atoms with Crippen LogP contribution in [0.5, 0.6) is 5.75 Å². The first-order valence-corrected chi connectivity index (χ1v) is 5.42. The molecule has 0 aromatic heterocycles. The number of hydrogen-bond acceptors (Lipinski definition) is 1. The third kappa shape index (κ3) is 2.75. The summed E-state index contributed by atoms with van der Waals surface area (Å²) in [5.74, 6) is 1.29. The summed E-state index contributed by atoms with van der Waals surface area (Å²) >= 11 is 6.11. The average molecular weight is 225 g/mol. The van der Waals surface area contributed by atoms with Gasteiger partial charge < -0.3 is 4.74 Å². The maximum absolute atomic E-state index is 6.11. The van der Waals surface area contributed by atoms with Crippen molar-refractivity contribution < 1.29 is 4.74 Å². The lowest BCUT2D eigenvalue weighted by molar-refractivity contribution is 0.406. The van der Waals surface area contributed by atoms with Gasteiger partial charge in [-0.3, -0.25) is 0 Å². The Hall–Kier alpha value is -0.950. The van der Waals surface area contributed by atoms with Gasteiger partial charge in [-0.15, -0.1) is 6.58 Å². The molecule has 1 aromatic carbocycles. The first kappa shape index (κ1) is 12.1. The molecular formula is C13H17ClO. The van der Waals surface area contributed by atoms with Crippen LogP contribution >= 0.6 is 11.6 Å². The Kier molecular flexibility index (Phi) is 4.22. The monoisotopic (exact) mass is 224 g/mol. The van der Waals surface area contributed by atoms with Crippen LogP contribution in [0.2, 0.25) is 5.02 Å². The van der Waals surface area contributed by atoms with Crippen molar-refractivity contribution in [3.8, 4) is 5.75 Å². The third-order valence-electron chi connectivity index (χ3n) is 2.56. The van der Waals surface area contributed by atoms with Crippen molar-refractivity contribution >= 4 is 11.6 Å². The number of rotatable bonds is 4. The summed E-state index contributed by atoms with van der Waals surface area (Å²) in [4.78, 5) is 0. The Morgan fingerprint density at radius 3 is 2.73 bits per heavy atom. The second-order valence-corrected chi connectivity index (χ2v) is 4.18. The zero-order chi connectivity index (χ0) is 11.4. The smallest absolute Gasteiger partial charge is 0.122 e. The van der Waals surface area contributed by atoms with Gasteiger partial charge in [-0.25, -0.2) is 0 Å². The molecule has 0 fully saturated rings. The van der Waals surface area contributed by atoms with Crippen molar-refractivity contribution in [3.05, 3.63) is 40.9 Å². The van der Waals surface area contributed by atoms with E-state index in [2.05, 4.69) is 13.5 Å². The van der Waals surface area contributed by atoms with E-state index in [1.54, 1.807) is 7.11 Å². The van der Waals surface area contributed by atoms with Crippen molar-refractivity contribution in [1.29, 1.82) is 0 Å². The molecule has 0 saturated heterocycles. The van der Waals surface area contributed by atoms with E-state index in [1.165, 1.54) is 0 Å². The van der Waals surface area contributed by atoms with Crippen LogP contribution in [0.15, 0.2) is 24.8 Å². The Balaban J connectivity index is 3.14. The molecule has 0 amide bonds. The minimum atomic E-state index is 0.385. The van der Waals surface area contributed by atoms with Crippen LogP contribution < -0.4 is 4.74 Å². The molecule has 2 heteroatoms. The summed E-state index contributed by atoms with van der Waals surface area (Å²) in [6.07, 6.45) is 2.84. The summed E-state index contributed by atoms with van der Waals surface area (Å²) < 4.78 is 5.36. The Morgan fingerprint density at radius 2 is 2.20 bits per heavy atom. The molecule has 0 aliphatic carbocycles. The lowest BCUT2D eigenvalue weighted by Gasteiger charge is -2.15. The normalized spacial score (nSPS) is 12.3. The zero-order valence-electron chi connectivity index (χ0n) is 9.51. The molecule has 0 bridgehead atoms. The summed E-state index contributed by atoms with van der Waals surface area (Å²) in [6, 6.07) is 3.97. The van der Waals surface area contributed by atoms with Gasteiger partial charge in [0.05, 0.1) is 7.11 Å². The van der Waals surface area contributed by atoms with E-state index >= 15 is 0 Å². The minimum absolute atomic E-state index is 0.385. The summed E-state index contributed by atoms with van der Waals surface area (Å²) in [7, 11) is 1.69. The quantitative estimate of drug-likeness (QED) is 0.692. The minimum Gasteiger partial charge on any atom is -0.496 e. The van der Waals surface area contributed by atoms with Crippen LogP contribution in [0, 0.1) is 6.92 Å². The van der Waals surface area contributed by atoms with Crippen LogP contribution in [0.3, 0.4) is 0 Å². The first-order valence-electron chi connectivity index (χ1n) is 5.05. The Bertz CT molecular complexity index is 358. The maximum atomic E-state index is 6.11. The fourth-order valence-corrected chi connectivity index (χ4v) is 1.78. The highest BCUT2D eigenvalue weighted by atomic mass is 35.5. The summed E-state index contributed by atoms with van der Waals surface area (Å²) in [5, 5.41) is 0.793. The molecule has 0 aliphatic heterocycles. The molecule has 0 spiro atoms. The molecule has 15 heavy (non-hydrogen) atoms. The van der Waals surface area contributed by atoms with E-state index in [-0.39, 0.29) is 0 Å². The number of aryl methyl sites for hydroxylation is 1.